The van der Waals surface area contributed by atoms with Crippen LogP contribution in [0.25, 0.3) is 0 Å². The van der Waals surface area contributed by atoms with Gasteiger partial charge in [-0.25, -0.2) is 4.98 Å². The van der Waals surface area contributed by atoms with Gasteiger partial charge in [-0.3, -0.25) is 14.6 Å². The van der Waals surface area contributed by atoms with Crippen molar-refractivity contribution < 1.29 is 28.7 Å². The van der Waals surface area contributed by atoms with E-state index in [2.05, 4.69) is 20.2 Å². The van der Waals surface area contributed by atoms with Crippen LogP contribution in [0.3, 0.4) is 0 Å². The quantitative estimate of drug-likeness (QED) is 0.457. The molecule has 31 heavy (non-hydrogen) atoms. The zero-order valence-electron chi connectivity index (χ0n) is 17.2. The number of esters is 1. The van der Waals surface area contributed by atoms with Crippen molar-refractivity contribution in [3.05, 3.63) is 46.9 Å². The summed E-state index contributed by atoms with van der Waals surface area (Å²) in [4.78, 5) is 35.3. The lowest BCUT2D eigenvalue weighted by Gasteiger charge is -2.27. The fraction of sp³-hybridized carbons (Fsp3) is 0.400. The topological polar surface area (TPSA) is 123 Å². The summed E-state index contributed by atoms with van der Waals surface area (Å²) in [5.41, 5.74) is 2.98. The largest absolute Gasteiger partial charge is 0.492 e. The lowest BCUT2D eigenvalue weighted by molar-refractivity contribution is -0.143. The van der Waals surface area contributed by atoms with Gasteiger partial charge in [-0.15, -0.1) is 0 Å². The molecular formula is C20H23BN4O6. The van der Waals surface area contributed by atoms with E-state index in [0.29, 0.717) is 47.9 Å². The molecule has 2 aliphatic rings. The van der Waals surface area contributed by atoms with E-state index in [1.807, 2.05) is 0 Å². The summed E-state index contributed by atoms with van der Waals surface area (Å²) in [5, 5.41) is 12.5. The highest BCUT2D eigenvalue weighted by molar-refractivity contribution is 6.62. The third kappa shape index (κ3) is 4.84. The number of fused-ring (bicyclic) bond motifs is 1. The molecule has 3 heterocycles. The predicted molar refractivity (Wildman–Crippen MR) is 111 cm³/mol. The molecule has 0 radical (unpaired) electrons. The number of hydrogen-bond acceptors (Lipinski definition) is 9. The maximum Gasteiger partial charge on any atom is 0.492 e. The fourth-order valence-corrected chi connectivity index (χ4v) is 3.61. The van der Waals surface area contributed by atoms with Gasteiger partial charge in [0.15, 0.2) is 0 Å². The average Bonchev–Trinajstić information content (AvgIpc) is 3.18. The number of nitrogens with one attached hydrogen (secondary N) is 1. The van der Waals surface area contributed by atoms with E-state index in [1.165, 1.54) is 6.20 Å². The molecule has 1 aromatic heterocycles. The molecule has 1 amide bonds. The van der Waals surface area contributed by atoms with Crippen LogP contribution in [0, 0.1) is 6.92 Å². The first kappa shape index (κ1) is 21.2. The van der Waals surface area contributed by atoms with E-state index >= 15 is 0 Å². The molecule has 2 aromatic rings. The van der Waals surface area contributed by atoms with Crippen LogP contribution in [0.1, 0.15) is 27.2 Å². The van der Waals surface area contributed by atoms with Crippen molar-refractivity contribution in [2.75, 3.05) is 37.7 Å². The summed E-state index contributed by atoms with van der Waals surface area (Å²) < 4.78 is 15.7. The zero-order valence-corrected chi connectivity index (χ0v) is 17.2. The number of anilines is 1. The molecule has 1 fully saturated rings. The van der Waals surface area contributed by atoms with Crippen molar-refractivity contribution in [2.24, 2.45) is 0 Å². The van der Waals surface area contributed by atoms with Crippen LogP contribution in [0.2, 0.25) is 0 Å². The van der Waals surface area contributed by atoms with Gasteiger partial charge in [-0.05, 0) is 29.6 Å². The Morgan fingerprint density at radius 3 is 2.90 bits per heavy atom. The summed E-state index contributed by atoms with van der Waals surface area (Å²) in [5.74, 6) is -0.303. The van der Waals surface area contributed by atoms with Gasteiger partial charge in [0.05, 0.1) is 37.9 Å². The zero-order chi connectivity index (χ0) is 21.8. The van der Waals surface area contributed by atoms with Crippen LogP contribution in [0.15, 0.2) is 24.5 Å². The molecule has 1 aromatic carbocycles. The van der Waals surface area contributed by atoms with Crippen molar-refractivity contribution >= 4 is 30.3 Å². The van der Waals surface area contributed by atoms with Gasteiger partial charge in [-0.1, -0.05) is 6.07 Å². The molecule has 0 spiro atoms. The van der Waals surface area contributed by atoms with Crippen LogP contribution in [0.5, 0.6) is 0 Å². The summed E-state index contributed by atoms with van der Waals surface area (Å²) in [6, 6.07) is 3.40. The smallest absolute Gasteiger partial charge is 0.458 e. The molecule has 2 aliphatic heterocycles. The number of nitrogens with zero attached hydrogens (tertiary/aromatic N) is 3. The van der Waals surface area contributed by atoms with E-state index in [-0.39, 0.29) is 13.2 Å². The van der Waals surface area contributed by atoms with Gasteiger partial charge in [-0.2, -0.15) is 0 Å². The first-order valence-electron chi connectivity index (χ1n) is 10.0. The molecule has 4 rings (SSSR count). The van der Waals surface area contributed by atoms with Gasteiger partial charge >= 0.3 is 13.1 Å². The van der Waals surface area contributed by atoms with Crippen LogP contribution >= 0.6 is 0 Å². The second kappa shape index (κ2) is 9.42. The van der Waals surface area contributed by atoms with Gasteiger partial charge in [0.2, 0.25) is 0 Å². The highest BCUT2D eigenvalue weighted by atomic mass is 16.5. The average molecular weight is 426 g/mol. The minimum Gasteiger partial charge on any atom is -0.458 e. The lowest BCUT2D eigenvalue weighted by atomic mass is 9.75. The van der Waals surface area contributed by atoms with Crippen LogP contribution in [0.4, 0.5) is 5.82 Å². The maximum atomic E-state index is 12.5. The van der Waals surface area contributed by atoms with E-state index in [9.17, 15) is 14.6 Å². The molecule has 10 nitrogen and oxygen atoms in total. The van der Waals surface area contributed by atoms with Crippen molar-refractivity contribution in [2.45, 2.75) is 20.1 Å². The third-order valence-corrected chi connectivity index (χ3v) is 5.27. The number of aromatic nitrogens is 2. The first-order chi connectivity index (χ1) is 15.0. The lowest BCUT2D eigenvalue weighted by Crippen LogP contribution is -2.37. The number of ether oxygens (including phenoxy) is 2. The number of morpholine rings is 1. The van der Waals surface area contributed by atoms with E-state index in [4.69, 9.17) is 14.1 Å². The number of carbonyl (C=O) groups is 2. The van der Waals surface area contributed by atoms with Crippen molar-refractivity contribution in [1.29, 1.82) is 0 Å². The Morgan fingerprint density at radius 1 is 1.29 bits per heavy atom. The predicted octanol–water partition coefficient (Wildman–Crippen LogP) is -0.687. The minimum absolute atomic E-state index is 0.0404. The number of hydrogen-bond donors (Lipinski definition) is 2. The maximum absolute atomic E-state index is 12.5. The second-order valence-electron chi connectivity index (χ2n) is 7.29. The summed E-state index contributed by atoms with van der Waals surface area (Å²) in [6.07, 6.45) is 3.20. The third-order valence-electron chi connectivity index (χ3n) is 5.27. The number of carbonyl (C=O) groups excluding carboxylic acids is 2. The molecule has 162 valence electrons. The van der Waals surface area contributed by atoms with Crippen molar-refractivity contribution in [3.8, 4) is 0 Å². The van der Waals surface area contributed by atoms with Crippen LogP contribution in [-0.2, 0) is 32.1 Å². The van der Waals surface area contributed by atoms with Crippen LogP contribution < -0.4 is 15.7 Å². The second-order valence-corrected chi connectivity index (χ2v) is 7.29. The molecule has 11 heteroatoms. The Bertz CT molecular complexity index is 982. The monoisotopic (exact) mass is 426 g/mol. The number of amides is 1. The van der Waals surface area contributed by atoms with Gasteiger partial charge < -0.3 is 29.4 Å². The van der Waals surface area contributed by atoms with Gasteiger partial charge in [0.25, 0.3) is 5.91 Å². The Labute approximate surface area is 179 Å². The molecule has 0 unspecified atom stereocenters. The Morgan fingerprint density at radius 2 is 2.10 bits per heavy atom. The summed E-state index contributed by atoms with van der Waals surface area (Å²) in [7, 11) is -1.04. The summed E-state index contributed by atoms with van der Waals surface area (Å²) in [6.45, 7) is 4.45. The van der Waals surface area contributed by atoms with Crippen molar-refractivity contribution in [1.82, 2.24) is 15.3 Å². The highest BCUT2D eigenvalue weighted by Crippen LogP contribution is 2.16. The SMILES string of the molecule is Cc1c(C(=O)NCC(=O)OCc2cncc(N3CCOCC3)n2)ccc2c1B(O)OC2. The molecule has 2 N–H and O–H groups in total. The fourth-order valence-electron chi connectivity index (χ4n) is 3.61. The molecule has 0 aliphatic carbocycles. The van der Waals surface area contributed by atoms with E-state index in [1.54, 1.807) is 25.3 Å². The van der Waals surface area contributed by atoms with E-state index in [0.717, 1.165) is 18.7 Å². The van der Waals surface area contributed by atoms with Gasteiger partial charge in [0.1, 0.15) is 19.0 Å². The Kier molecular flexibility index (Phi) is 6.45. The molecule has 1 saturated heterocycles. The molecule has 0 bridgehead atoms. The highest BCUT2D eigenvalue weighted by Gasteiger charge is 2.31. The number of rotatable bonds is 6. The molecule has 0 atom stereocenters. The van der Waals surface area contributed by atoms with E-state index < -0.39 is 19.0 Å². The van der Waals surface area contributed by atoms with Gasteiger partial charge in [0, 0.05) is 18.7 Å². The first-order valence-corrected chi connectivity index (χ1v) is 10.0. The number of benzene rings is 1. The standard InChI is InChI=1S/C20H23BN4O6/c1-13-16(3-2-14-11-31-21(28)19(13)14)20(27)23-10-18(26)30-12-15-8-22-9-17(24-15)25-4-6-29-7-5-25/h2-3,8-9,28H,4-7,10-12H2,1H3,(H,23,27). The van der Waals surface area contributed by atoms with Crippen LogP contribution in [-0.4, -0.2) is 66.8 Å². The normalized spacial score (nSPS) is 15.5. The Hall–Kier alpha value is -3.02. The molecular weight excluding hydrogens is 403 g/mol. The minimum atomic E-state index is -1.04. The molecule has 0 saturated carbocycles. The summed E-state index contributed by atoms with van der Waals surface area (Å²) >= 11 is 0. The Balaban J connectivity index is 1.29. The van der Waals surface area contributed by atoms with Crippen molar-refractivity contribution in [3.63, 3.8) is 0 Å².